The van der Waals surface area contributed by atoms with Crippen molar-refractivity contribution in [2.45, 2.75) is 19.8 Å². The van der Waals surface area contributed by atoms with E-state index in [4.69, 9.17) is 4.74 Å². The highest BCUT2D eigenvalue weighted by Crippen LogP contribution is 2.26. The molecule has 1 amide bonds. The summed E-state index contributed by atoms with van der Waals surface area (Å²) in [6.07, 6.45) is 2.12. The van der Waals surface area contributed by atoms with Gasteiger partial charge in [-0.25, -0.2) is 9.48 Å². The molecular weight excluding hydrogens is 386 g/mol. The van der Waals surface area contributed by atoms with E-state index in [1.54, 1.807) is 27.0 Å². The maximum absolute atomic E-state index is 12.8. The SMILES string of the molecule is C[C@H]1CCCN(C(=O)COC(=O)c2cc(-c3cccs3)nn2-c2ccccc2)C1. The Morgan fingerprint density at radius 1 is 1.21 bits per heavy atom. The molecule has 1 aliphatic heterocycles. The summed E-state index contributed by atoms with van der Waals surface area (Å²) in [6, 6.07) is 15.1. The summed E-state index contributed by atoms with van der Waals surface area (Å²) in [7, 11) is 0. The van der Waals surface area contributed by atoms with Gasteiger partial charge >= 0.3 is 5.97 Å². The minimum atomic E-state index is -0.553. The van der Waals surface area contributed by atoms with Crippen molar-refractivity contribution in [1.82, 2.24) is 14.7 Å². The summed E-state index contributed by atoms with van der Waals surface area (Å²) in [5.74, 6) is -0.215. The van der Waals surface area contributed by atoms with E-state index in [9.17, 15) is 9.59 Å². The zero-order valence-electron chi connectivity index (χ0n) is 16.3. The number of carbonyl (C=O) groups excluding carboxylic acids is 2. The number of esters is 1. The molecule has 3 heterocycles. The highest BCUT2D eigenvalue weighted by atomic mass is 32.1. The topological polar surface area (TPSA) is 64.4 Å². The maximum Gasteiger partial charge on any atom is 0.357 e. The number of ether oxygens (including phenoxy) is 1. The number of rotatable bonds is 5. The van der Waals surface area contributed by atoms with Crippen LogP contribution in [0.25, 0.3) is 16.3 Å². The molecular formula is C22H23N3O3S. The predicted molar refractivity (Wildman–Crippen MR) is 112 cm³/mol. The number of likely N-dealkylation sites (tertiary alicyclic amines) is 1. The molecule has 1 atom stereocenters. The lowest BCUT2D eigenvalue weighted by Gasteiger charge is -2.30. The van der Waals surface area contributed by atoms with Crippen LogP contribution >= 0.6 is 11.3 Å². The molecule has 0 unspecified atom stereocenters. The Hall–Kier alpha value is -2.93. The van der Waals surface area contributed by atoms with Gasteiger partial charge in [0.05, 0.1) is 10.6 Å². The van der Waals surface area contributed by atoms with Gasteiger partial charge in [0.15, 0.2) is 12.3 Å². The summed E-state index contributed by atoms with van der Waals surface area (Å²) in [5, 5.41) is 6.57. The average Bonchev–Trinajstić information content (AvgIpc) is 3.42. The van der Waals surface area contributed by atoms with Crippen molar-refractivity contribution in [3.05, 3.63) is 59.6 Å². The van der Waals surface area contributed by atoms with Gasteiger partial charge < -0.3 is 9.64 Å². The quantitative estimate of drug-likeness (QED) is 0.597. The normalized spacial score (nSPS) is 16.6. The van der Waals surface area contributed by atoms with E-state index in [1.165, 1.54) is 0 Å². The molecule has 1 aromatic carbocycles. The summed E-state index contributed by atoms with van der Waals surface area (Å²) < 4.78 is 6.96. The molecule has 1 aliphatic rings. The fraction of sp³-hybridized carbons (Fsp3) is 0.318. The van der Waals surface area contributed by atoms with Crippen molar-refractivity contribution in [3.8, 4) is 16.3 Å². The Bertz CT molecular complexity index is 982. The molecule has 1 saturated heterocycles. The van der Waals surface area contributed by atoms with Crippen LogP contribution in [0, 0.1) is 5.92 Å². The second-order valence-electron chi connectivity index (χ2n) is 7.30. The smallest absolute Gasteiger partial charge is 0.357 e. The molecule has 29 heavy (non-hydrogen) atoms. The summed E-state index contributed by atoms with van der Waals surface area (Å²) in [5.41, 5.74) is 1.77. The number of piperidine rings is 1. The highest BCUT2D eigenvalue weighted by Gasteiger charge is 2.24. The van der Waals surface area contributed by atoms with Crippen LogP contribution < -0.4 is 0 Å². The number of amides is 1. The van der Waals surface area contributed by atoms with Crippen LogP contribution in [0.15, 0.2) is 53.9 Å². The Morgan fingerprint density at radius 3 is 2.76 bits per heavy atom. The Morgan fingerprint density at radius 2 is 2.03 bits per heavy atom. The zero-order valence-corrected chi connectivity index (χ0v) is 17.1. The van der Waals surface area contributed by atoms with Gasteiger partial charge in [0.25, 0.3) is 5.91 Å². The van der Waals surface area contributed by atoms with Gasteiger partial charge in [-0.05, 0) is 42.3 Å². The van der Waals surface area contributed by atoms with Gasteiger partial charge in [0.1, 0.15) is 5.69 Å². The van der Waals surface area contributed by atoms with Gasteiger partial charge in [-0.15, -0.1) is 11.3 Å². The average molecular weight is 410 g/mol. The van der Waals surface area contributed by atoms with Crippen LogP contribution in [0.1, 0.15) is 30.3 Å². The lowest BCUT2D eigenvalue weighted by atomic mass is 10.0. The molecule has 4 rings (SSSR count). The molecule has 6 nitrogen and oxygen atoms in total. The molecule has 0 saturated carbocycles. The number of carbonyl (C=O) groups is 2. The van der Waals surface area contributed by atoms with Crippen LogP contribution in [0.2, 0.25) is 0 Å². The van der Waals surface area contributed by atoms with Crippen molar-refractivity contribution in [1.29, 1.82) is 0 Å². The van der Waals surface area contributed by atoms with E-state index in [0.29, 0.717) is 17.3 Å². The van der Waals surface area contributed by atoms with Gasteiger partial charge in [0, 0.05) is 19.2 Å². The second kappa shape index (κ2) is 8.61. The third-order valence-electron chi connectivity index (χ3n) is 5.03. The fourth-order valence-electron chi connectivity index (χ4n) is 3.55. The van der Waals surface area contributed by atoms with Gasteiger partial charge in [-0.2, -0.15) is 5.10 Å². The molecule has 3 aromatic rings. The van der Waals surface area contributed by atoms with E-state index in [0.717, 1.165) is 36.5 Å². The highest BCUT2D eigenvalue weighted by molar-refractivity contribution is 7.13. The first-order valence-corrected chi connectivity index (χ1v) is 10.6. The van der Waals surface area contributed by atoms with Crippen LogP contribution in [0.3, 0.4) is 0 Å². The monoisotopic (exact) mass is 409 g/mol. The van der Waals surface area contributed by atoms with Gasteiger partial charge in [-0.1, -0.05) is 31.2 Å². The summed E-state index contributed by atoms with van der Waals surface area (Å²) >= 11 is 1.55. The number of nitrogens with zero attached hydrogens (tertiary/aromatic N) is 3. The molecule has 0 spiro atoms. The first-order valence-electron chi connectivity index (χ1n) is 9.76. The Labute approximate surface area is 173 Å². The van der Waals surface area contributed by atoms with Crippen molar-refractivity contribution < 1.29 is 14.3 Å². The van der Waals surface area contributed by atoms with Crippen molar-refractivity contribution >= 4 is 23.2 Å². The number of hydrogen-bond acceptors (Lipinski definition) is 5. The Kier molecular flexibility index (Phi) is 5.76. The molecule has 0 N–H and O–H groups in total. The minimum absolute atomic E-state index is 0.144. The molecule has 2 aromatic heterocycles. The number of para-hydroxylation sites is 1. The lowest BCUT2D eigenvalue weighted by Crippen LogP contribution is -2.41. The summed E-state index contributed by atoms with van der Waals surface area (Å²) in [4.78, 5) is 28.0. The van der Waals surface area contributed by atoms with E-state index >= 15 is 0 Å². The number of thiophene rings is 1. The minimum Gasteiger partial charge on any atom is -0.451 e. The fourth-order valence-corrected chi connectivity index (χ4v) is 4.23. The maximum atomic E-state index is 12.8. The van der Waals surface area contributed by atoms with Crippen LogP contribution in [-0.4, -0.2) is 46.3 Å². The summed E-state index contributed by atoms with van der Waals surface area (Å²) in [6.45, 7) is 3.34. The van der Waals surface area contributed by atoms with Crippen LogP contribution in [0.5, 0.6) is 0 Å². The van der Waals surface area contributed by atoms with E-state index in [2.05, 4.69) is 12.0 Å². The largest absolute Gasteiger partial charge is 0.451 e. The Balaban J connectivity index is 1.53. The first kappa shape index (κ1) is 19.4. The number of aromatic nitrogens is 2. The van der Waals surface area contributed by atoms with Crippen molar-refractivity contribution in [2.24, 2.45) is 5.92 Å². The third kappa shape index (κ3) is 4.40. The van der Waals surface area contributed by atoms with E-state index in [-0.39, 0.29) is 12.5 Å². The van der Waals surface area contributed by atoms with Gasteiger partial charge in [-0.3, -0.25) is 4.79 Å². The van der Waals surface area contributed by atoms with Crippen molar-refractivity contribution in [3.63, 3.8) is 0 Å². The van der Waals surface area contributed by atoms with E-state index in [1.807, 2.05) is 47.8 Å². The second-order valence-corrected chi connectivity index (χ2v) is 8.25. The molecule has 7 heteroatoms. The van der Waals surface area contributed by atoms with E-state index < -0.39 is 5.97 Å². The van der Waals surface area contributed by atoms with Gasteiger partial charge in [0.2, 0.25) is 0 Å². The van der Waals surface area contributed by atoms with Crippen molar-refractivity contribution in [2.75, 3.05) is 19.7 Å². The molecule has 0 aliphatic carbocycles. The third-order valence-corrected chi connectivity index (χ3v) is 5.92. The standard InChI is InChI=1S/C22H23N3O3S/c1-16-7-5-11-24(14-16)21(26)15-28-22(27)19-13-18(20-10-6-12-29-20)23-25(19)17-8-3-2-4-9-17/h2-4,6,8-10,12-13,16H,5,7,11,14-15H2,1H3/t16-/m0/s1. The molecule has 150 valence electrons. The molecule has 0 bridgehead atoms. The number of hydrogen-bond donors (Lipinski definition) is 0. The lowest BCUT2D eigenvalue weighted by molar-refractivity contribution is -0.136. The van der Waals surface area contributed by atoms with Crippen LogP contribution in [0.4, 0.5) is 0 Å². The number of benzene rings is 1. The zero-order chi connectivity index (χ0) is 20.2. The first-order chi connectivity index (χ1) is 14.1. The molecule has 0 radical (unpaired) electrons. The molecule has 1 fully saturated rings. The van der Waals surface area contributed by atoms with Crippen LogP contribution in [-0.2, 0) is 9.53 Å². The predicted octanol–water partition coefficient (Wildman–Crippen LogP) is 4.02.